The van der Waals surface area contributed by atoms with Gasteiger partial charge in [0.05, 0.1) is 7.11 Å². The van der Waals surface area contributed by atoms with E-state index >= 15 is 0 Å². The van der Waals surface area contributed by atoms with Crippen molar-refractivity contribution >= 4 is 0 Å². The lowest BCUT2D eigenvalue weighted by molar-refractivity contribution is 0.378. The van der Waals surface area contributed by atoms with Crippen LogP contribution in [0, 0.1) is 6.92 Å². The molecule has 3 nitrogen and oxygen atoms in total. The van der Waals surface area contributed by atoms with Crippen LogP contribution in [0.4, 0.5) is 0 Å². The summed E-state index contributed by atoms with van der Waals surface area (Å²) in [4.78, 5) is 0. The molecule has 0 saturated carbocycles. The molecule has 94 valence electrons. The number of phenolic OH excluding ortho intramolecular Hbond substituents is 1. The molecule has 1 aliphatic rings. The fourth-order valence-electron chi connectivity index (χ4n) is 2.55. The monoisotopic (exact) mass is 235 g/mol. The van der Waals surface area contributed by atoms with Gasteiger partial charge in [0.15, 0.2) is 0 Å². The van der Waals surface area contributed by atoms with Crippen LogP contribution in [0.1, 0.15) is 30.4 Å². The third-order valence-corrected chi connectivity index (χ3v) is 3.50. The molecule has 1 aromatic carbocycles. The van der Waals surface area contributed by atoms with Gasteiger partial charge in [0.25, 0.3) is 0 Å². The van der Waals surface area contributed by atoms with Gasteiger partial charge in [-0.1, -0.05) is 6.42 Å². The first-order valence-corrected chi connectivity index (χ1v) is 6.30. The zero-order valence-corrected chi connectivity index (χ0v) is 10.6. The number of benzene rings is 1. The summed E-state index contributed by atoms with van der Waals surface area (Å²) in [6.45, 7) is 3.14. The minimum absolute atomic E-state index is 0.278. The van der Waals surface area contributed by atoms with E-state index in [1.54, 1.807) is 19.2 Å². The van der Waals surface area contributed by atoms with Crippen LogP contribution in [0.25, 0.3) is 0 Å². The largest absolute Gasteiger partial charge is 0.508 e. The van der Waals surface area contributed by atoms with Crippen molar-refractivity contribution in [3.63, 3.8) is 0 Å². The van der Waals surface area contributed by atoms with Crippen LogP contribution >= 0.6 is 0 Å². The summed E-state index contributed by atoms with van der Waals surface area (Å²) in [5.74, 6) is 1.08. The van der Waals surface area contributed by atoms with Crippen LogP contribution < -0.4 is 10.1 Å². The molecular formula is C14H21NO2. The van der Waals surface area contributed by atoms with E-state index in [2.05, 4.69) is 5.32 Å². The van der Waals surface area contributed by atoms with Gasteiger partial charge in [0.1, 0.15) is 11.5 Å². The van der Waals surface area contributed by atoms with Gasteiger partial charge in [-0.2, -0.15) is 0 Å². The van der Waals surface area contributed by atoms with Gasteiger partial charge in [-0.05, 0) is 49.9 Å². The molecule has 1 unspecified atom stereocenters. The van der Waals surface area contributed by atoms with E-state index in [9.17, 15) is 5.11 Å². The Morgan fingerprint density at radius 3 is 2.88 bits per heavy atom. The molecule has 1 aromatic rings. The van der Waals surface area contributed by atoms with Crippen LogP contribution in [0.15, 0.2) is 12.1 Å². The predicted molar refractivity (Wildman–Crippen MR) is 68.7 cm³/mol. The van der Waals surface area contributed by atoms with Gasteiger partial charge < -0.3 is 15.2 Å². The van der Waals surface area contributed by atoms with Crippen molar-refractivity contribution in [3.8, 4) is 11.5 Å². The first-order chi connectivity index (χ1) is 8.20. The molecule has 1 atom stereocenters. The molecule has 0 radical (unpaired) electrons. The minimum atomic E-state index is 0.278. The topological polar surface area (TPSA) is 41.5 Å². The number of aromatic hydroxyl groups is 1. The van der Waals surface area contributed by atoms with Crippen molar-refractivity contribution in [1.82, 2.24) is 5.32 Å². The summed E-state index contributed by atoms with van der Waals surface area (Å²) in [5.41, 5.74) is 2.32. The number of nitrogens with one attached hydrogen (secondary N) is 1. The Morgan fingerprint density at radius 2 is 2.24 bits per heavy atom. The van der Waals surface area contributed by atoms with Crippen LogP contribution in [-0.4, -0.2) is 24.8 Å². The summed E-state index contributed by atoms with van der Waals surface area (Å²) < 4.78 is 5.36. The second kappa shape index (κ2) is 5.41. The Hall–Kier alpha value is -1.22. The molecule has 0 amide bonds. The van der Waals surface area contributed by atoms with Crippen LogP contribution in [0.2, 0.25) is 0 Å². The van der Waals surface area contributed by atoms with Crippen LogP contribution in [0.5, 0.6) is 11.5 Å². The summed E-state index contributed by atoms with van der Waals surface area (Å²) in [5, 5.41) is 13.1. The van der Waals surface area contributed by atoms with Crippen molar-refractivity contribution in [1.29, 1.82) is 0 Å². The fraction of sp³-hybridized carbons (Fsp3) is 0.571. The molecule has 3 heteroatoms. The zero-order chi connectivity index (χ0) is 12.3. The number of piperidine rings is 1. The Kier molecular flexibility index (Phi) is 3.89. The maximum absolute atomic E-state index is 9.56. The Bertz CT molecular complexity index is 384. The van der Waals surface area contributed by atoms with Gasteiger partial charge in [-0.25, -0.2) is 0 Å². The number of ether oxygens (including phenoxy) is 1. The zero-order valence-electron chi connectivity index (χ0n) is 10.6. The molecule has 1 fully saturated rings. The maximum atomic E-state index is 9.56. The van der Waals surface area contributed by atoms with Gasteiger partial charge in [0, 0.05) is 12.1 Å². The maximum Gasteiger partial charge on any atom is 0.126 e. The van der Waals surface area contributed by atoms with E-state index in [0.717, 1.165) is 24.3 Å². The quantitative estimate of drug-likeness (QED) is 0.845. The number of aryl methyl sites for hydroxylation is 1. The van der Waals surface area contributed by atoms with Crippen molar-refractivity contribution in [2.45, 2.75) is 38.6 Å². The van der Waals surface area contributed by atoms with E-state index in [-0.39, 0.29) is 5.75 Å². The highest BCUT2D eigenvalue weighted by Crippen LogP contribution is 2.29. The average molecular weight is 235 g/mol. The second-order valence-electron chi connectivity index (χ2n) is 4.79. The van der Waals surface area contributed by atoms with Gasteiger partial charge in [0.2, 0.25) is 0 Å². The SMILES string of the molecule is COc1cc(O)cc(C)c1CC1CCCCN1. The lowest BCUT2D eigenvalue weighted by atomic mass is 9.94. The van der Waals surface area contributed by atoms with E-state index in [1.165, 1.54) is 24.8 Å². The molecule has 1 aliphatic heterocycles. The first kappa shape index (κ1) is 12.2. The van der Waals surface area contributed by atoms with Gasteiger partial charge in [-0.3, -0.25) is 0 Å². The molecule has 0 bridgehead atoms. The minimum Gasteiger partial charge on any atom is -0.508 e. The molecule has 0 aliphatic carbocycles. The Balaban J connectivity index is 2.18. The third-order valence-electron chi connectivity index (χ3n) is 3.50. The third kappa shape index (κ3) is 2.91. The molecule has 2 rings (SSSR count). The van der Waals surface area contributed by atoms with Gasteiger partial charge in [-0.15, -0.1) is 0 Å². The second-order valence-corrected chi connectivity index (χ2v) is 4.79. The molecule has 1 heterocycles. The van der Waals surface area contributed by atoms with Crippen molar-refractivity contribution in [3.05, 3.63) is 23.3 Å². The lowest BCUT2D eigenvalue weighted by Crippen LogP contribution is -2.35. The highest BCUT2D eigenvalue weighted by atomic mass is 16.5. The van der Waals surface area contributed by atoms with Crippen molar-refractivity contribution in [2.24, 2.45) is 0 Å². The fourth-order valence-corrected chi connectivity index (χ4v) is 2.55. The Morgan fingerprint density at radius 1 is 1.41 bits per heavy atom. The Labute approximate surface area is 103 Å². The highest BCUT2D eigenvalue weighted by Gasteiger charge is 2.17. The lowest BCUT2D eigenvalue weighted by Gasteiger charge is -2.25. The summed E-state index contributed by atoms with van der Waals surface area (Å²) in [6, 6.07) is 4.05. The molecule has 0 aromatic heterocycles. The smallest absolute Gasteiger partial charge is 0.126 e. The van der Waals surface area contributed by atoms with Gasteiger partial charge >= 0.3 is 0 Å². The molecule has 17 heavy (non-hydrogen) atoms. The van der Waals surface area contributed by atoms with E-state index < -0.39 is 0 Å². The summed E-state index contributed by atoms with van der Waals surface area (Å²) in [6.07, 6.45) is 4.79. The van der Waals surface area contributed by atoms with Crippen molar-refractivity contribution < 1.29 is 9.84 Å². The van der Waals surface area contributed by atoms with E-state index in [1.807, 2.05) is 6.92 Å². The number of hydrogen-bond donors (Lipinski definition) is 2. The average Bonchev–Trinajstić information content (AvgIpc) is 2.33. The molecular weight excluding hydrogens is 214 g/mol. The molecule has 2 N–H and O–H groups in total. The highest BCUT2D eigenvalue weighted by molar-refractivity contribution is 5.46. The number of hydrogen-bond acceptors (Lipinski definition) is 3. The number of phenols is 1. The predicted octanol–water partition coefficient (Wildman–Crippen LogP) is 2.39. The number of rotatable bonds is 3. The number of methoxy groups -OCH3 is 1. The van der Waals surface area contributed by atoms with E-state index in [4.69, 9.17) is 4.74 Å². The van der Waals surface area contributed by atoms with Crippen LogP contribution in [0.3, 0.4) is 0 Å². The standard InChI is InChI=1S/C14H21NO2/c1-10-7-12(16)9-14(17-2)13(10)8-11-5-3-4-6-15-11/h7,9,11,15-16H,3-6,8H2,1-2H3. The normalized spacial score (nSPS) is 20.2. The summed E-state index contributed by atoms with van der Waals surface area (Å²) >= 11 is 0. The van der Waals surface area contributed by atoms with Crippen LogP contribution in [-0.2, 0) is 6.42 Å². The van der Waals surface area contributed by atoms with E-state index in [0.29, 0.717) is 6.04 Å². The summed E-state index contributed by atoms with van der Waals surface area (Å²) in [7, 11) is 1.66. The molecule has 0 spiro atoms. The van der Waals surface area contributed by atoms with Crippen molar-refractivity contribution in [2.75, 3.05) is 13.7 Å². The molecule has 1 saturated heterocycles. The first-order valence-electron chi connectivity index (χ1n) is 6.30.